The predicted molar refractivity (Wildman–Crippen MR) is 48.7 cm³/mol. The number of anilines is 1. The molecule has 1 aromatic carbocycles. The van der Waals surface area contributed by atoms with Gasteiger partial charge in [-0.25, -0.2) is 9.37 Å². The molecular weight excluding hydrogens is 189 g/mol. The third kappa shape index (κ3) is 1.21. The van der Waals surface area contributed by atoms with Gasteiger partial charge in [-0.15, -0.1) is 0 Å². The lowest BCUT2D eigenvalue weighted by molar-refractivity contribution is 0.637. The zero-order chi connectivity index (χ0) is 9.42. The molecule has 3 nitrogen and oxygen atoms in total. The minimum atomic E-state index is -0.498. The fourth-order valence-electron chi connectivity index (χ4n) is 1.07. The van der Waals surface area contributed by atoms with Crippen LogP contribution in [0.3, 0.4) is 0 Å². The van der Waals surface area contributed by atoms with Gasteiger partial charge in [0.05, 0.1) is 16.3 Å². The Morgan fingerprint density at radius 3 is 3.00 bits per heavy atom. The summed E-state index contributed by atoms with van der Waals surface area (Å²) in [5.74, 6) is -0.498. The summed E-state index contributed by atoms with van der Waals surface area (Å²) in [6.45, 7) is 0. The van der Waals surface area contributed by atoms with Crippen LogP contribution in [0, 0.1) is 17.1 Å². The number of nitrogen functional groups attached to an aromatic ring is 1. The number of thiazole rings is 1. The average Bonchev–Trinajstić information content (AvgIpc) is 2.46. The number of hydrogen-bond donors (Lipinski definition) is 1. The second kappa shape index (κ2) is 2.68. The maximum Gasteiger partial charge on any atom is 0.181 e. The fraction of sp³-hybridized carbons (Fsp3) is 0. The van der Waals surface area contributed by atoms with Crippen LogP contribution in [-0.2, 0) is 0 Å². The lowest BCUT2D eigenvalue weighted by Gasteiger charge is -1.90. The normalized spacial score (nSPS) is 10.2. The summed E-state index contributed by atoms with van der Waals surface area (Å²) in [6.07, 6.45) is 0. The van der Waals surface area contributed by atoms with Gasteiger partial charge < -0.3 is 5.73 Å². The van der Waals surface area contributed by atoms with Crippen molar-refractivity contribution in [3.8, 4) is 6.07 Å². The number of halogens is 1. The molecule has 0 unspecified atom stereocenters. The van der Waals surface area contributed by atoms with Gasteiger partial charge in [0.2, 0.25) is 0 Å². The first kappa shape index (κ1) is 7.95. The van der Waals surface area contributed by atoms with Gasteiger partial charge in [0.25, 0.3) is 0 Å². The SMILES string of the molecule is N#Cc1cc(F)c2nc(N)sc2c1. The van der Waals surface area contributed by atoms with Crippen LogP contribution < -0.4 is 5.73 Å². The number of fused-ring (bicyclic) bond motifs is 1. The Morgan fingerprint density at radius 2 is 2.31 bits per heavy atom. The number of nitriles is 1. The van der Waals surface area contributed by atoms with Gasteiger partial charge in [0, 0.05) is 0 Å². The number of benzene rings is 1. The predicted octanol–water partition coefficient (Wildman–Crippen LogP) is 1.89. The monoisotopic (exact) mass is 193 g/mol. The van der Waals surface area contributed by atoms with E-state index in [0.717, 1.165) is 6.07 Å². The van der Waals surface area contributed by atoms with E-state index < -0.39 is 5.82 Å². The number of hydrogen-bond acceptors (Lipinski definition) is 4. The molecule has 2 N–H and O–H groups in total. The van der Waals surface area contributed by atoms with Crippen LogP contribution in [0.25, 0.3) is 10.2 Å². The summed E-state index contributed by atoms with van der Waals surface area (Å²) in [4.78, 5) is 3.80. The van der Waals surface area contributed by atoms with E-state index in [1.807, 2.05) is 6.07 Å². The minimum absolute atomic E-state index is 0.238. The molecule has 0 aliphatic heterocycles. The van der Waals surface area contributed by atoms with E-state index in [9.17, 15) is 4.39 Å². The quantitative estimate of drug-likeness (QED) is 0.694. The Kier molecular flexibility index (Phi) is 1.64. The highest BCUT2D eigenvalue weighted by Gasteiger charge is 2.08. The molecule has 64 valence electrons. The standard InChI is InChI=1S/C8H4FN3S/c9-5-1-4(3-10)2-6-7(5)12-8(11)13-6/h1-2H,(H2,11,12). The van der Waals surface area contributed by atoms with Gasteiger partial charge in [0.15, 0.2) is 10.9 Å². The van der Waals surface area contributed by atoms with Crippen molar-refractivity contribution in [1.82, 2.24) is 4.98 Å². The molecule has 0 fully saturated rings. The van der Waals surface area contributed by atoms with Crippen LogP contribution in [0.2, 0.25) is 0 Å². The van der Waals surface area contributed by atoms with Crippen LogP contribution in [-0.4, -0.2) is 4.98 Å². The average molecular weight is 193 g/mol. The van der Waals surface area contributed by atoms with Crippen molar-refractivity contribution in [3.05, 3.63) is 23.5 Å². The van der Waals surface area contributed by atoms with E-state index in [-0.39, 0.29) is 11.1 Å². The molecule has 13 heavy (non-hydrogen) atoms. The minimum Gasteiger partial charge on any atom is -0.375 e. The molecular formula is C8H4FN3S. The van der Waals surface area contributed by atoms with Crippen LogP contribution in [0.15, 0.2) is 12.1 Å². The summed E-state index contributed by atoms with van der Waals surface area (Å²) in [5, 5.41) is 8.87. The first-order valence-electron chi connectivity index (χ1n) is 3.46. The molecule has 0 radical (unpaired) electrons. The van der Waals surface area contributed by atoms with Crippen molar-refractivity contribution in [2.24, 2.45) is 0 Å². The van der Waals surface area contributed by atoms with E-state index in [0.29, 0.717) is 9.83 Å². The van der Waals surface area contributed by atoms with Gasteiger partial charge in [-0.3, -0.25) is 0 Å². The van der Waals surface area contributed by atoms with Crippen LogP contribution in [0.1, 0.15) is 5.56 Å². The van der Waals surface area contributed by atoms with Crippen molar-refractivity contribution >= 4 is 26.7 Å². The van der Waals surface area contributed by atoms with Gasteiger partial charge >= 0.3 is 0 Å². The van der Waals surface area contributed by atoms with Crippen molar-refractivity contribution in [3.63, 3.8) is 0 Å². The molecule has 1 heterocycles. The van der Waals surface area contributed by atoms with E-state index in [4.69, 9.17) is 11.0 Å². The first-order valence-corrected chi connectivity index (χ1v) is 4.28. The largest absolute Gasteiger partial charge is 0.375 e. The Morgan fingerprint density at radius 1 is 1.54 bits per heavy atom. The van der Waals surface area contributed by atoms with Crippen molar-refractivity contribution in [1.29, 1.82) is 5.26 Å². The molecule has 2 aromatic rings. The first-order chi connectivity index (χ1) is 6.20. The number of rotatable bonds is 0. The molecule has 0 aliphatic rings. The summed E-state index contributed by atoms with van der Waals surface area (Å²) in [5.41, 5.74) is 5.93. The third-order valence-electron chi connectivity index (χ3n) is 1.59. The summed E-state index contributed by atoms with van der Waals surface area (Å²) in [7, 11) is 0. The molecule has 0 saturated carbocycles. The smallest absolute Gasteiger partial charge is 0.181 e. The maximum atomic E-state index is 13.2. The molecule has 0 saturated heterocycles. The van der Waals surface area contributed by atoms with Gasteiger partial charge in [-0.2, -0.15) is 5.26 Å². The summed E-state index contributed by atoms with van der Waals surface area (Å²) in [6, 6.07) is 4.60. The molecule has 2 rings (SSSR count). The second-order valence-electron chi connectivity index (χ2n) is 2.47. The molecule has 5 heteroatoms. The molecule has 0 bridgehead atoms. The van der Waals surface area contributed by atoms with Crippen LogP contribution in [0.4, 0.5) is 9.52 Å². The van der Waals surface area contributed by atoms with Crippen LogP contribution >= 0.6 is 11.3 Å². The Hall–Kier alpha value is -1.67. The zero-order valence-corrected chi connectivity index (χ0v) is 7.23. The van der Waals surface area contributed by atoms with E-state index in [1.54, 1.807) is 6.07 Å². The van der Waals surface area contributed by atoms with Crippen molar-refractivity contribution in [2.45, 2.75) is 0 Å². The Bertz CT molecular complexity index is 512. The topological polar surface area (TPSA) is 62.7 Å². The highest BCUT2D eigenvalue weighted by atomic mass is 32.1. The Balaban J connectivity index is 2.85. The summed E-state index contributed by atoms with van der Waals surface area (Å²) >= 11 is 1.17. The molecule has 0 amide bonds. The van der Waals surface area contributed by atoms with E-state index in [2.05, 4.69) is 4.98 Å². The zero-order valence-electron chi connectivity index (χ0n) is 6.41. The summed E-state index contributed by atoms with van der Waals surface area (Å²) < 4.78 is 13.8. The maximum absolute atomic E-state index is 13.2. The van der Waals surface area contributed by atoms with Gasteiger partial charge in [0.1, 0.15) is 5.52 Å². The van der Waals surface area contributed by atoms with Gasteiger partial charge in [-0.1, -0.05) is 11.3 Å². The fourth-order valence-corrected chi connectivity index (χ4v) is 1.86. The molecule has 0 aliphatic carbocycles. The third-order valence-corrected chi connectivity index (χ3v) is 2.43. The van der Waals surface area contributed by atoms with Crippen LogP contribution in [0.5, 0.6) is 0 Å². The van der Waals surface area contributed by atoms with Crippen molar-refractivity contribution in [2.75, 3.05) is 5.73 Å². The van der Waals surface area contributed by atoms with E-state index >= 15 is 0 Å². The molecule has 0 atom stereocenters. The molecule has 0 spiro atoms. The number of aromatic nitrogens is 1. The van der Waals surface area contributed by atoms with Crippen molar-refractivity contribution < 1.29 is 4.39 Å². The highest BCUT2D eigenvalue weighted by Crippen LogP contribution is 2.26. The van der Waals surface area contributed by atoms with E-state index in [1.165, 1.54) is 11.3 Å². The second-order valence-corrected chi connectivity index (χ2v) is 3.53. The van der Waals surface area contributed by atoms with Gasteiger partial charge in [-0.05, 0) is 12.1 Å². The molecule has 1 aromatic heterocycles. The Labute approximate surface area is 77.2 Å². The lowest BCUT2D eigenvalue weighted by Crippen LogP contribution is -1.83. The lowest BCUT2D eigenvalue weighted by atomic mass is 10.2. The highest BCUT2D eigenvalue weighted by molar-refractivity contribution is 7.22. The number of nitrogens with two attached hydrogens (primary N) is 1. The number of nitrogens with zero attached hydrogens (tertiary/aromatic N) is 2.